The summed E-state index contributed by atoms with van der Waals surface area (Å²) < 4.78 is 42.1. The fraction of sp³-hybridized carbons (Fsp3) is 0.852. The number of ketones is 1. The topological polar surface area (TPSA) is 162 Å². The van der Waals surface area contributed by atoms with Crippen molar-refractivity contribution in [2.45, 2.75) is 58.3 Å². The summed E-state index contributed by atoms with van der Waals surface area (Å²) in [5, 5.41) is 8.42. The fourth-order valence-electron chi connectivity index (χ4n) is 2.97. The van der Waals surface area contributed by atoms with Gasteiger partial charge in [0.1, 0.15) is 13.2 Å². The van der Waals surface area contributed by atoms with Crippen molar-refractivity contribution in [3.8, 4) is 0 Å². The molecule has 1 N–H and O–H groups in total. The lowest BCUT2D eigenvalue weighted by Crippen LogP contribution is -2.17. The largest absolute Gasteiger partial charge is 0.476 e. The Labute approximate surface area is 237 Å². The molecule has 0 atom stereocenters. The minimum Gasteiger partial charge on any atom is -0.476 e. The molecule has 0 rings (SSSR count). The van der Waals surface area contributed by atoms with Gasteiger partial charge in [-0.15, -0.1) is 0 Å². The number of ether oxygens (including phenoxy) is 8. The molecular formula is C27H48O13. The van der Waals surface area contributed by atoms with E-state index in [0.29, 0.717) is 79.1 Å². The summed E-state index contributed by atoms with van der Waals surface area (Å²) in [6.07, 6.45) is 5.33. The van der Waals surface area contributed by atoms with Crippen molar-refractivity contribution in [1.29, 1.82) is 0 Å². The first kappa shape index (κ1) is 37.8. The molecule has 0 radical (unpaired) electrons. The van der Waals surface area contributed by atoms with E-state index < -0.39 is 17.7 Å². The van der Waals surface area contributed by atoms with Crippen molar-refractivity contribution in [3.63, 3.8) is 0 Å². The lowest BCUT2D eigenvalue weighted by atomic mass is 10.1. The van der Waals surface area contributed by atoms with E-state index in [9.17, 15) is 19.2 Å². The summed E-state index contributed by atoms with van der Waals surface area (Å²) in [6.45, 7) is 7.08. The molecule has 0 aromatic rings. The molecule has 0 saturated heterocycles. The lowest BCUT2D eigenvalue weighted by molar-refractivity contribution is -0.151. The third-order valence-corrected chi connectivity index (χ3v) is 5.12. The maximum Gasteiger partial charge on any atom is 0.372 e. The molecule has 40 heavy (non-hydrogen) atoms. The molecule has 0 aromatic heterocycles. The van der Waals surface area contributed by atoms with Crippen LogP contribution in [0.3, 0.4) is 0 Å². The van der Waals surface area contributed by atoms with Gasteiger partial charge in [0.15, 0.2) is 0 Å². The van der Waals surface area contributed by atoms with Crippen LogP contribution in [0.2, 0.25) is 0 Å². The zero-order valence-electron chi connectivity index (χ0n) is 23.9. The van der Waals surface area contributed by atoms with Gasteiger partial charge in [-0.1, -0.05) is 32.6 Å². The number of carboxylic acids is 1. The Morgan fingerprint density at radius 3 is 1.18 bits per heavy atom. The van der Waals surface area contributed by atoms with E-state index in [-0.39, 0.29) is 38.6 Å². The summed E-state index contributed by atoms with van der Waals surface area (Å²) in [7, 11) is 0. The van der Waals surface area contributed by atoms with Gasteiger partial charge in [0, 0.05) is 12.8 Å². The molecule has 0 aliphatic rings. The molecule has 0 fully saturated rings. The SMILES string of the molecule is CCCCCCCC(=O)OCCOCCOCCOCCOCCOCCOCCOC(=O)CCC(=O)C(=O)O. The molecule has 13 nitrogen and oxygen atoms in total. The second-order valence-electron chi connectivity index (χ2n) is 8.51. The number of rotatable bonds is 31. The Bertz CT molecular complexity index is 642. The zero-order valence-corrected chi connectivity index (χ0v) is 23.9. The second kappa shape index (κ2) is 29.8. The van der Waals surface area contributed by atoms with Crippen molar-refractivity contribution in [2.75, 3.05) is 92.5 Å². The summed E-state index contributed by atoms with van der Waals surface area (Å²) >= 11 is 0. The number of hydrogen-bond acceptors (Lipinski definition) is 12. The number of carbonyl (C=O) groups excluding carboxylic acids is 3. The van der Waals surface area contributed by atoms with Crippen molar-refractivity contribution < 1.29 is 62.2 Å². The molecule has 0 amide bonds. The summed E-state index contributed by atoms with van der Waals surface area (Å²) in [4.78, 5) is 44.1. The maximum atomic E-state index is 11.6. The van der Waals surface area contributed by atoms with Crippen LogP contribution in [-0.4, -0.2) is 121 Å². The normalized spacial score (nSPS) is 10.9. The van der Waals surface area contributed by atoms with Crippen LogP contribution in [0.25, 0.3) is 0 Å². The molecule has 0 bridgehead atoms. The first-order valence-corrected chi connectivity index (χ1v) is 14.0. The third-order valence-electron chi connectivity index (χ3n) is 5.12. The van der Waals surface area contributed by atoms with Gasteiger partial charge in [-0.3, -0.25) is 14.4 Å². The van der Waals surface area contributed by atoms with Crippen molar-refractivity contribution in [3.05, 3.63) is 0 Å². The van der Waals surface area contributed by atoms with E-state index in [1.165, 1.54) is 19.3 Å². The first-order valence-electron chi connectivity index (χ1n) is 14.0. The van der Waals surface area contributed by atoms with Crippen LogP contribution in [0.4, 0.5) is 0 Å². The standard InChI is InChI=1S/C27H48O13/c1-2-3-4-5-6-7-25(29)39-22-20-37-18-16-35-14-12-33-10-11-34-13-15-36-17-19-38-21-23-40-26(30)9-8-24(28)27(31)32/h2-23H2,1H3,(H,31,32). The van der Waals surface area contributed by atoms with Crippen LogP contribution in [0.1, 0.15) is 58.3 Å². The summed E-state index contributed by atoms with van der Waals surface area (Å²) in [5.41, 5.74) is 0. The number of hydrogen-bond donors (Lipinski definition) is 1. The Kier molecular flexibility index (Phi) is 28.2. The lowest BCUT2D eigenvalue weighted by Gasteiger charge is -2.09. The number of carbonyl (C=O) groups is 4. The predicted molar refractivity (Wildman–Crippen MR) is 142 cm³/mol. The molecule has 0 unspecified atom stereocenters. The molecule has 0 heterocycles. The molecule has 0 saturated carbocycles. The van der Waals surface area contributed by atoms with Gasteiger partial charge in [0.05, 0.1) is 85.7 Å². The van der Waals surface area contributed by atoms with Gasteiger partial charge in [-0.2, -0.15) is 0 Å². The molecule has 234 valence electrons. The van der Waals surface area contributed by atoms with Gasteiger partial charge < -0.3 is 43.0 Å². The molecule has 0 aliphatic heterocycles. The Morgan fingerprint density at radius 2 is 0.800 bits per heavy atom. The summed E-state index contributed by atoms with van der Waals surface area (Å²) in [6, 6.07) is 0. The summed E-state index contributed by atoms with van der Waals surface area (Å²) in [5.74, 6) is -3.40. The van der Waals surface area contributed by atoms with Gasteiger partial charge in [-0.05, 0) is 6.42 Å². The van der Waals surface area contributed by atoms with Crippen LogP contribution < -0.4 is 0 Å². The number of esters is 2. The molecule has 13 heteroatoms. The van der Waals surface area contributed by atoms with E-state index in [4.69, 9.17) is 43.0 Å². The predicted octanol–water partition coefficient (Wildman–Crippen LogP) is 1.97. The van der Waals surface area contributed by atoms with Crippen LogP contribution in [0.15, 0.2) is 0 Å². The number of carboxylic acid groups (broad SMARTS) is 1. The van der Waals surface area contributed by atoms with E-state index >= 15 is 0 Å². The average molecular weight is 581 g/mol. The first-order chi connectivity index (χ1) is 19.5. The maximum absolute atomic E-state index is 11.6. The van der Waals surface area contributed by atoms with Crippen molar-refractivity contribution in [2.24, 2.45) is 0 Å². The molecule has 0 aliphatic carbocycles. The third kappa shape index (κ3) is 28.8. The van der Waals surface area contributed by atoms with E-state index in [0.717, 1.165) is 12.8 Å². The molecule has 0 spiro atoms. The Balaban J connectivity index is 3.19. The minimum atomic E-state index is -1.56. The van der Waals surface area contributed by atoms with Gasteiger partial charge in [-0.25, -0.2) is 4.79 Å². The Hall–Kier alpha value is -2.16. The van der Waals surface area contributed by atoms with E-state index in [1.807, 2.05) is 0 Å². The fourth-order valence-corrected chi connectivity index (χ4v) is 2.97. The molecular weight excluding hydrogens is 532 g/mol. The highest BCUT2D eigenvalue weighted by Crippen LogP contribution is 2.05. The van der Waals surface area contributed by atoms with Gasteiger partial charge in [0.2, 0.25) is 5.78 Å². The van der Waals surface area contributed by atoms with E-state index in [1.54, 1.807) is 0 Å². The zero-order chi connectivity index (χ0) is 29.5. The number of Topliss-reactive ketones (excluding diaryl/α,β-unsaturated/α-hetero) is 1. The van der Waals surface area contributed by atoms with Crippen molar-refractivity contribution in [1.82, 2.24) is 0 Å². The number of aliphatic carboxylic acids is 1. The minimum absolute atomic E-state index is 0.0139. The molecule has 0 aromatic carbocycles. The highest BCUT2D eigenvalue weighted by Gasteiger charge is 2.14. The van der Waals surface area contributed by atoms with Crippen LogP contribution in [-0.2, 0) is 57.1 Å². The van der Waals surface area contributed by atoms with E-state index in [2.05, 4.69) is 6.92 Å². The average Bonchev–Trinajstić information content (AvgIpc) is 2.94. The smallest absolute Gasteiger partial charge is 0.372 e. The van der Waals surface area contributed by atoms with Gasteiger partial charge in [0.25, 0.3) is 0 Å². The second-order valence-corrected chi connectivity index (χ2v) is 8.51. The number of unbranched alkanes of at least 4 members (excludes halogenated alkanes) is 4. The monoisotopic (exact) mass is 580 g/mol. The van der Waals surface area contributed by atoms with Crippen molar-refractivity contribution >= 4 is 23.7 Å². The quantitative estimate of drug-likeness (QED) is 0.0720. The Morgan fingerprint density at radius 1 is 0.450 bits per heavy atom. The van der Waals surface area contributed by atoms with Crippen LogP contribution in [0, 0.1) is 0 Å². The highest BCUT2D eigenvalue weighted by molar-refractivity contribution is 6.32. The van der Waals surface area contributed by atoms with Crippen LogP contribution in [0.5, 0.6) is 0 Å². The highest BCUT2D eigenvalue weighted by atomic mass is 16.6. The van der Waals surface area contributed by atoms with Gasteiger partial charge >= 0.3 is 17.9 Å². The van der Waals surface area contributed by atoms with Crippen LogP contribution >= 0.6 is 0 Å².